The minimum absolute atomic E-state index is 0.290. The van der Waals surface area contributed by atoms with Gasteiger partial charge in [-0.25, -0.2) is 0 Å². The molecule has 0 spiro atoms. The Morgan fingerprint density at radius 3 is 2.80 bits per heavy atom. The molecule has 1 nitrogen and oxygen atoms in total. The smallest absolute Gasteiger partial charge is 0.159 e. The Morgan fingerprint density at radius 2 is 2.27 bits per heavy atom. The van der Waals surface area contributed by atoms with Gasteiger partial charge >= 0.3 is 0 Å². The molecule has 0 aliphatic heterocycles. The van der Waals surface area contributed by atoms with Crippen molar-refractivity contribution >= 4 is 5.78 Å². The molecule has 1 aliphatic rings. The molecule has 15 heavy (non-hydrogen) atoms. The van der Waals surface area contributed by atoms with Gasteiger partial charge in [0.2, 0.25) is 0 Å². The van der Waals surface area contributed by atoms with E-state index in [1.807, 2.05) is 6.92 Å². The Hall–Kier alpha value is -1.11. The number of allylic oxidation sites excluding steroid dienone is 4. The van der Waals surface area contributed by atoms with Gasteiger partial charge in [-0.05, 0) is 33.1 Å². The molecular formula is C14H20O. The van der Waals surface area contributed by atoms with E-state index in [1.54, 1.807) is 6.08 Å². The zero-order chi connectivity index (χ0) is 11.4. The summed E-state index contributed by atoms with van der Waals surface area (Å²) in [7, 11) is 0. The number of carbonyl (C=O) groups is 1. The van der Waals surface area contributed by atoms with E-state index in [1.165, 1.54) is 5.57 Å². The van der Waals surface area contributed by atoms with E-state index in [0.717, 1.165) is 30.4 Å². The molecule has 0 amide bonds. The van der Waals surface area contributed by atoms with Gasteiger partial charge in [-0.3, -0.25) is 4.79 Å². The highest BCUT2D eigenvalue weighted by Gasteiger charge is 2.27. The van der Waals surface area contributed by atoms with Crippen LogP contribution in [0.15, 0.2) is 36.0 Å². The maximum Gasteiger partial charge on any atom is 0.159 e. The van der Waals surface area contributed by atoms with E-state index in [-0.39, 0.29) is 5.78 Å². The number of rotatable bonds is 5. The first-order valence-corrected chi connectivity index (χ1v) is 5.57. The van der Waals surface area contributed by atoms with Crippen LogP contribution in [0.25, 0.3) is 0 Å². The van der Waals surface area contributed by atoms with Crippen molar-refractivity contribution in [2.45, 2.75) is 39.5 Å². The Bertz CT molecular complexity index is 320. The van der Waals surface area contributed by atoms with Crippen LogP contribution in [0.2, 0.25) is 0 Å². The van der Waals surface area contributed by atoms with Crippen LogP contribution in [0.4, 0.5) is 0 Å². The van der Waals surface area contributed by atoms with Crippen LogP contribution in [0.3, 0.4) is 0 Å². The van der Waals surface area contributed by atoms with Gasteiger partial charge in [-0.1, -0.05) is 23.8 Å². The Labute approximate surface area is 92.6 Å². The topological polar surface area (TPSA) is 17.1 Å². The van der Waals surface area contributed by atoms with Gasteiger partial charge < -0.3 is 0 Å². The molecule has 82 valence electrons. The molecule has 0 heterocycles. The van der Waals surface area contributed by atoms with E-state index in [9.17, 15) is 4.79 Å². The van der Waals surface area contributed by atoms with Crippen LogP contribution in [-0.4, -0.2) is 5.78 Å². The van der Waals surface area contributed by atoms with Crippen LogP contribution in [0.1, 0.15) is 39.5 Å². The van der Waals surface area contributed by atoms with Crippen molar-refractivity contribution < 1.29 is 4.79 Å². The first kappa shape index (κ1) is 12.0. The minimum atomic E-state index is 0.290. The van der Waals surface area contributed by atoms with Crippen LogP contribution in [0, 0.1) is 5.92 Å². The fraction of sp³-hybridized carbons (Fsp3) is 0.500. The fourth-order valence-corrected chi connectivity index (χ4v) is 2.23. The molecule has 0 bridgehead atoms. The third kappa shape index (κ3) is 2.68. The lowest BCUT2D eigenvalue weighted by molar-refractivity contribution is -0.115. The van der Waals surface area contributed by atoms with Crippen molar-refractivity contribution in [3.8, 4) is 0 Å². The molecule has 0 radical (unpaired) electrons. The number of hydrogen-bond acceptors (Lipinski definition) is 1. The summed E-state index contributed by atoms with van der Waals surface area (Å²) in [5.74, 6) is 0.597. The average molecular weight is 204 g/mol. The summed E-state index contributed by atoms with van der Waals surface area (Å²) >= 11 is 0. The molecule has 1 atom stereocenters. The molecule has 1 heteroatoms. The number of carbonyl (C=O) groups excluding carboxylic acids is 1. The number of ketones is 1. The summed E-state index contributed by atoms with van der Waals surface area (Å²) in [6.45, 7) is 11.7. The molecule has 1 aliphatic carbocycles. The standard InChI is InChI=1S/C14H20O/c1-5-6-7-13(15)14-11(4)8-9-12(14)10(2)3/h5,12H,1-2,6-9H2,3-4H3/t12-/m0/s1. The van der Waals surface area contributed by atoms with Gasteiger partial charge in [0.05, 0.1) is 0 Å². The van der Waals surface area contributed by atoms with Crippen LogP contribution in [-0.2, 0) is 4.79 Å². The summed E-state index contributed by atoms with van der Waals surface area (Å²) < 4.78 is 0. The summed E-state index contributed by atoms with van der Waals surface area (Å²) in [5, 5.41) is 0. The summed E-state index contributed by atoms with van der Waals surface area (Å²) in [6, 6.07) is 0. The van der Waals surface area contributed by atoms with Crippen molar-refractivity contribution in [1.29, 1.82) is 0 Å². The Morgan fingerprint density at radius 1 is 1.60 bits per heavy atom. The molecule has 0 saturated heterocycles. The minimum Gasteiger partial charge on any atom is -0.295 e. The van der Waals surface area contributed by atoms with E-state index in [4.69, 9.17) is 0 Å². The van der Waals surface area contributed by atoms with Crippen molar-refractivity contribution in [1.82, 2.24) is 0 Å². The predicted molar refractivity (Wildman–Crippen MR) is 64.7 cm³/mol. The third-order valence-corrected chi connectivity index (χ3v) is 3.09. The monoisotopic (exact) mass is 204 g/mol. The lowest BCUT2D eigenvalue weighted by atomic mass is 9.90. The summed E-state index contributed by atoms with van der Waals surface area (Å²) in [5.41, 5.74) is 3.41. The van der Waals surface area contributed by atoms with E-state index in [0.29, 0.717) is 12.3 Å². The maximum absolute atomic E-state index is 12.0. The molecule has 0 aromatic rings. The molecular weight excluding hydrogens is 184 g/mol. The third-order valence-electron chi connectivity index (χ3n) is 3.09. The molecule has 0 saturated carbocycles. The van der Waals surface area contributed by atoms with E-state index in [2.05, 4.69) is 20.1 Å². The first-order valence-electron chi connectivity index (χ1n) is 5.57. The van der Waals surface area contributed by atoms with Gasteiger partial charge in [0, 0.05) is 17.9 Å². The predicted octanol–water partition coefficient (Wildman–Crippen LogP) is 3.82. The molecule has 0 aromatic heterocycles. The van der Waals surface area contributed by atoms with E-state index < -0.39 is 0 Å². The SMILES string of the molecule is C=CCCC(=O)C1=C(C)CC[C@H]1C(=C)C. The largest absolute Gasteiger partial charge is 0.295 e. The molecule has 0 unspecified atom stereocenters. The van der Waals surface area contributed by atoms with Crippen molar-refractivity contribution in [2.75, 3.05) is 0 Å². The molecule has 0 aromatic carbocycles. The zero-order valence-electron chi connectivity index (χ0n) is 9.81. The van der Waals surface area contributed by atoms with Gasteiger partial charge in [-0.15, -0.1) is 6.58 Å². The van der Waals surface area contributed by atoms with Crippen molar-refractivity contribution in [3.05, 3.63) is 36.0 Å². The number of Topliss-reactive ketones (excluding diaryl/α,β-unsaturated/α-hetero) is 1. The van der Waals surface area contributed by atoms with Gasteiger partial charge in [0.25, 0.3) is 0 Å². The highest BCUT2D eigenvalue weighted by Crippen LogP contribution is 2.37. The molecule has 0 N–H and O–H groups in total. The number of hydrogen-bond donors (Lipinski definition) is 0. The Balaban J connectivity index is 2.80. The van der Waals surface area contributed by atoms with Gasteiger partial charge in [-0.2, -0.15) is 0 Å². The van der Waals surface area contributed by atoms with E-state index >= 15 is 0 Å². The van der Waals surface area contributed by atoms with Gasteiger partial charge in [0.15, 0.2) is 5.78 Å². The lowest BCUT2D eigenvalue weighted by Gasteiger charge is -2.14. The maximum atomic E-state index is 12.0. The van der Waals surface area contributed by atoms with Crippen molar-refractivity contribution in [3.63, 3.8) is 0 Å². The highest BCUT2D eigenvalue weighted by atomic mass is 16.1. The zero-order valence-corrected chi connectivity index (χ0v) is 9.81. The van der Waals surface area contributed by atoms with Crippen LogP contribution in [0.5, 0.6) is 0 Å². The van der Waals surface area contributed by atoms with Gasteiger partial charge in [0.1, 0.15) is 0 Å². The van der Waals surface area contributed by atoms with Crippen molar-refractivity contribution in [2.24, 2.45) is 5.92 Å². The quantitative estimate of drug-likeness (QED) is 0.622. The second-order valence-corrected chi connectivity index (χ2v) is 4.38. The second kappa shape index (κ2) is 5.11. The molecule has 1 rings (SSSR count). The molecule has 0 fully saturated rings. The highest BCUT2D eigenvalue weighted by molar-refractivity contribution is 5.97. The Kier molecular flexibility index (Phi) is 4.07. The second-order valence-electron chi connectivity index (χ2n) is 4.38. The summed E-state index contributed by atoms with van der Waals surface area (Å²) in [6.07, 6.45) is 5.29. The van der Waals surface area contributed by atoms with Crippen LogP contribution < -0.4 is 0 Å². The average Bonchev–Trinajstić information content (AvgIpc) is 2.56. The normalized spacial score (nSPS) is 20.5. The fourth-order valence-electron chi connectivity index (χ4n) is 2.23. The lowest BCUT2D eigenvalue weighted by Crippen LogP contribution is -2.11. The summed E-state index contributed by atoms with van der Waals surface area (Å²) in [4.78, 5) is 12.0. The first-order chi connectivity index (χ1) is 7.07. The van der Waals surface area contributed by atoms with Crippen LogP contribution >= 0.6 is 0 Å².